The molecule has 0 aliphatic carbocycles. The number of nitrogens with one attached hydrogen (secondary N) is 5. The molecule has 360 valence electrons. The van der Waals surface area contributed by atoms with E-state index in [4.69, 9.17) is 11.5 Å². The second-order valence-corrected chi connectivity index (χ2v) is 17.2. The Hall–Kier alpha value is -5.84. The number of nitrogens with two attached hydrogens (primary N) is 2. The minimum absolute atomic E-state index is 0.00350. The second kappa shape index (κ2) is 31.1. The fourth-order valence-electron chi connectivity index (χ4n) is 7.28. The summed E-state index contributed by atoms with van der Waals surface area (Å²) in [6.07, 6.45) is 10.3. The summed E-state index contributed by atoms with van der Waals surface area (Å²) in [5, 5.41) is 32.8. The highest BCUT2D eigenvalue weighted by molar-refractivity contribution is 5.94. The number of primary amides is 2. The zero-order valence-electron chi connectivity index (χ0n) is 38.4. The molecule has 65 heavy (non-hydrogen) atoms. The Bertz CT molecular complexity index is 1790. The van der Waals surface area contributed by atoms with Crippen molar-refractivity contribution in [1.82, 2.24) is 26.6 Å². The smallest absolute Gasteiger partial charge is 0.326 e. The summed E-state index contributed by atoms with van der Waals surface area (Å²) >= 11 is 0. The van der Waals surface area contributed by atoms with E-state index in [0.29, 0.717) is 12.8 Å². The van der Waals surface area contributed by atoms with Crippen LogP contribution in [0.1, 0.15) is 135 Å². The summed E-state index contributed by atoms with van der Waals surface area (Å²) in [5.74, 6) is -5.61. The topological polar surface area (TPSA) is 289 Å². The lowest BCUT2D eigenvalue weighted by Crippen LogP contribution is -2.59. The molecule has 11 N–H and O–H groups in total. The predicted molar refractivity (Wildman–Crippen MR) is 246 cm³/mol. The quantitative estimate of drug-likeness (QED) is 0.0462. The van der Waals surface area contributed by atoms with Crippen LogP contribution in [0.25, 0.3) is 0 Å². The second-order valence-electron chi connectivity index (χ2n) is 17.2. The standard InChI is InChI=1S/C48H73N7O10/c1-32(2)28-38(46(62)53-36(44(49)60)29-34-22-16-14-17-23-34)54-47(63)43(33(3)56)55-41(58)27-21-13-11-9-7-5-4-6-8-10-12-20-26-40(57)51-37(45(50)61)31-42(59)52-39(48(64)65)30-35-24-18-15-19-25-35/h14-19,22-25,32-33,36-39,43,56H,4-13,20-21,26-31H2,1-3H3,(H2,49,60)(H2,50,61)(H,51,57)(H,52,59)(H,53,62)(H,54,63)(H,55,58)(H,64,65)/t33?,36-,37+,38-,39-,43-/m0/s1. The number of carboxylic acids is 1. The van der Waals surface area contributed by atoms with Gasteiger partial charge in [0, 0.05) is 25.7 Å². The van der Waals surface area contributed by atoms with Gasteiger partial charge in [0.1, 0.15) is 30.2 Å². The molecule has 7 amide bonds. The van der Waals surface area contributed by atoms with Gasteiger partial charge in [0.15, 0.2) is 0 Å². The molecule has 6 atom stereocenters. The molecule has 0 bridgehead atoms. The van der Waals surface area contributed by atoms with E-state index in [2.05, 4.69) is 26.6 Å². The summed E-state index contributed by atoms with van der Waals surface area (Å²) in [5.41, 5.74) is 12.5. The molecule has 0 heterocycles. The number of rotatable bonds is 34. The molecule has 17 nitrogen and oxygen atoms in total. The fourth-order valence-corrected chi connectivity index (χ4v) is 7.28. The van der Waals surface area contributed by atoms with Crippen LogP contribution in [0.4, 0.5) is 0 Å². The highest BCUT2D eigenvalue weighted by Crippen LogP contribution is 2.14. The average molecular weight is 908 g/mol. The Morgan fingerprint density at radius 2 is 0.892 bits per heavy atom. The number of aliphatic hydroxyl groups is 1. The van der Waals surface area contributed by atoms with Gasteiger partial charge in [-0.1, -0.05) is 139 Å². The summed E-state index contributed by atoms with van der Waals surface area (Å²) in [6.45, 7) is 5.15. The van der Waals surface area contributed by atoms with Crippen molar-refractivity contribution in [3.05, 3.63) is 71.8 Å². The van der Waals surface area contributed by atoms with Crippen LogP contribution in [-0.4, -0.2) is 93.8 Å². The van der Waals surface area contributed by atoms with Gasteiger partial charge >= 0.3 is 5.97 Å². The van der Waals surface area contributed by atoms with Gasteiger partial charge in [-0.3, -0.25) is 33.6 Å². The van der Waals surface area contributed by atoms with E-state index in [1.165, 1.54) is 6.92 Å². The van der Waals surface area contributed by atoms with Crippen molar-refractivity contribution in [3.63, 3.8) is 0 Å². The normalized spacial score (nSPS) is 13.9. The van der Waals surface area contributed by atoms with E-state index in [9.17, 15) is 48.6 Å². The van der Waals surface area contributed by atoms with Crippen molar-refractivity contribution < 1.29 is 48.6 Å². The van der Waals surface area contributed by atoms with Crippen molar-refractivity contribution in [2.75, 3.05) is 0 Å². The van der Waals surface area contributed by atoms with E-state index < -0.39 is 84.1 Å². The lowest BCUT2D eigenvalue weighted by molar-refractivity contribution is -0.142. The number of hydrogen-bond donors (Lipinski definition) is 9. The Balaban J connectivity index is 1.59. The van der Waals surface area contributed by atoms with E-state index >= 15 is 0 Å². The fraction of sp³-hybridized carbons (Fsp3) is 0.583. The molecule has 0 fully saturated rings. The summed E-state index contributed by atoms with van der Waals surface area (Å²) in [6, 6.07) is 12.1. The predicted octanol–water partition coefficient (Wildman–Crippen LogP) is 3.23. The summed E-state index contributed by atoms with van der Waals surface area (Å²) in [7, 11) is 0. The molecular formula is C48H73N7O10. The first-order valence-electron chi connectivity index (χ1n) is 23.0. The molecular weight excluding hydrogens is 835 g/mol. The van der Waals surface area contributed by atoms with Crippen LogP contribution in [-0.2, 0) is 51.2 Å². The lowest BCUT2D eigenvalue weighted by Gasteiger charge is -2.26. The zero-order valence-corrected chi connectivity index (χ0v) is 38.4. The van der Waals surface area contributed by atoms with Gasteiger partial charge in [-0.05, 0) is 43.2 Å². The molecule has 1 unspecified atom stereocenters. The van der Waals surface area contributed by atoms with Crippen molar-refractivity contribution in [3.8, 4) is 0 Å². The Kier molecular flexibility index (Phi) is 26.5. The van der Waals surface area contributed by atoms with Crippen LogP contribution >= 0.6 is 0 Å². The van der Waals surface area contributed by atoms with Crippen LogP contribution in [0.3, 0.4) is 0 Å². The molecule has 0 aliphatic rings. The first kappa shape index (κ1) is 55.3. The van der Waals surface area contributed by atoms with Gasteiger partial charge in [0.2, 0.25) is 41.4 Å². The monoisotopic (exact) mass is 908 g/mol. The van der Waals surface area contributed by atoms with E-state index in [1.54, 1.807) is 30.3 Å². The third-order valence-electron chi connectivity index (χ3n) is 10.9. The Morgan fingerprint density at radius 3 is 1.31 bits per heavy atom. The van der Waals surface area contributed by atoms with Crippen molar-refractivity contribution in [2.45, 2.75) is 173 Å². The van der Waals surface area contributed by atoms with Crippen LogP contribution in [0.15, 0.2) is 60.7 Å². The van der Waals surface area contributed by atoms with Gasteiger partial charge in [-0.15, -0.1) is 0 Å². The maximum atomic E-state index is 13.3. The van der Waals surface area contributed by atoms with E-state index in [1.807, 2.05) is 44.2 Å². The van der Waals surface area contributed by atoms with Crippen LogP contribution in [0.2, 0.25) is 0 Å². The maximum Gasteiger partial charge on any atom is 0.326 e. The number of amides is 7. The number of aliphatic hydroxyl groups excluding tert-OH is 1. The number of aliphatic carboxylic acids is 1. The third kappa shape index (κ3) is 24.1. The number of carboxylic acid groups (broad SMARTS) is 1. The number of hydrogen-bond acceptors (Lipinski definition) is 9. The van der Waals surface area contributed by atoms with E-state index in [0.717, 1.165) is 75.3 Å². The Labute approximate surface area is 383 Å². The first-order chi connectivity index (χ1) is 31.0. The molecule has 0 saturated heterocycles. The van der Waals surface area contributed by atoms with Gasteiger partial charge in [0.05, 0.1) is 12.5 Å². The van der Waals surface area contributed by atoms with Crippen LogP contribution in [0, 0.1) is 5.92 Å². The van der Waals surface area contributed by atoms with Gasteiger partial charge < -0.3 is 48.3 Å². The zero-order chi connectivity index (χ0) is 48.1. The number of benzene rings is 2. The molecule has 0 radical (unpaired) electrons. The Morgan fingerprint density at radius 1 is 0.492 bits per heavy atom. The molecule has 17 heteroatoms. The molecule has 0 aromatic heterocycles. The first-order valence-corrected chi connectivity index (χ1v) is 23.0. The molecule has 0 spiro atoms. The van der Waals surface area contributed by atoms with Crippen molar-refractivity contribution in [2.24, 2.45) is 17.4 Å². The number of carbonyl (C=O) groups excluding carboxylic acids is 7. The SMILES string of the molecule is CC(C)C[C@H](NC(=O)[C@@H](NC(=O)CCCCCCCCCCCCCCC(=O)N[C@H](CC(=O)N[C@@H](Cc1ccccc1)C(=O)O)C(N)=O)C(C)O)C(=O)N[C@@H](Cc1ccccc1)C(N)=O. The van der Waals surface area contributed by atoms with Crippen LogP contribution < -0.4 is 38.1 Å². The molecule has 0 aliphatic heterocycles. The number of unbranched alkanes of at least 4 members (excludes halogenated alkanes) is 11. The maximum absolute atomic E-state index is 13.3. The van der Waals surface area contributed by atoms with Gasteiger partial charge in [0.25, 0.3) is 0 Å². The van der Waals surface area contributed by atoms with Crippen LogP contribution in [0.5, 0.6) is 0 Å². The third-order valence-corrected chi connectivity index (χ3v) is 10.9. The molecule has 2 aromatic rings. The van der Waals surface area contributed by atoms with E-state index in [-0.39, 0.29) is 43.9 Å². The lowest BCUT2D eigenvalue weighted by atomic mass is 10.0. The highest BCUT2D eigenvalue weighted by Gasteiger charge is 2.32. The minimum Gasteiger partial charge on any atom is -0.480 e. The van der Waals surface area contributed by atoms with Gasteiger partial charge in [-0.25, -0.2) is 4.79 Å². The largest absolute Gasteiger partial charge is 0.480 e. The molecule has 2 rings (SSSR count). The van der Waals surface area contributed by atoms with Crippen molar-refractivity contribution in [1.29, 1.82) is 0 Å². The highest BCUT2D eigenvalue weighted by atomic mass is 16.4. The summed E-state index contributed by atoms with van der Waals surface area (Å²) < 4.78 is 0. The van der Waals surface area contributed by atoms with Crippen molar-refractivity contribution >= 4 is 47.3 Å². The molecule has 2 aromatic carbocycles. The average Bonchev–Trinajstić information content (AvgIpc) is 3.24. The minimum atomic E-state index is -1.28. The summed E-state index contributed by atoms with van der Waals surface area (Å²) in [4.78, 5) is 100. The molecule has 0 saturated carbocycles. The van der Waals surface area contributed by atoms with Gasteiger partial charge in [-0.2, -0.15) is 0 Å². The number of carbonyl (C=O) groups is 8.